The molecule has 2 aliphatic rings. The summed E-state index contributed by atoms with van der Waals surface area (Å²) in [5.41, 5.74) is -0.727. The number of amides is 3. The number of nitrogens with zero attached hydrogens (tertiary/aromatic N) is 1. The van der Waals surface area contributed by atoms with Crippen LogP contribution in [0.5, 0.6) is 11.5 Å². The Morgan fingerprint density at radius 2 is 2.00 bits per heavy atom. The Morgan fingerprint density at radius 1 is 1.27 bits per heavy atom. The summed E-state index contributed by atoms with van der Waals surface area (Å²) >= 11 is 0. The van der Waals surface area contributed by atoms with Crippen molar-refractivity contribution < 1.29 is 33.4 Å². The van der Waals surface area contributed by atoms with Crippen molar-refractivity contribution in [3.8, 4) is 11.5 Å². The zero-order chi connectivity index (χ0) is 18.9. The van der Waals surface area contributed by atoms with Crippen LogP contribution in [0, 0.1) is 0 Å². The minimum atomic E-state index is -1.03. The summed E-state index contributed by atoms with van der Waals surface area (Å²) in [7, 11) is 0. The second-order valence-corrected chi connectivity index (χ2v) is 6.16. The molecule has 1 N–H and O–H groups in total. The average Bonchev–Trinajstić information content (AvgIpc) is 3.18. The number of hydrogen-bond donors (Lipinski definition) is 1. The van der Waals surface area contributed by atoms with E-state index in [1.807, 2.05) is 0 Å². The number of urea groups is 1. The fourth-order valence-electron chi connectivity index (χ4n) is 2.60. The predicted octanol–water partition coefficient (Wildman–Crippen LogP) is 0.862. The maximum atomic E-state index is 12.2. The Kier molecular flexibility index (Phi) is 4.54. The largest absolute Gasteiger partial charge is 0.456 e. The van der Waals surface area contributed by atoms with Gasteiger partial charge < -0.3 is 19.5 Å². The standard InChI is InChI=1S/C17H18N2O7/c1-3-17(2)15(22)19(16(23)18-17)7-14(21)24-8-11(20)10-4-5-12-13(6-10)26-9-25-12/h4-6H,3,7-9H2,1-2H3,(H,18,23)/t17-/m1/s1. The van der Waals surface area contributed by atoms with E-state index < -0.39 is 42.4 Å². The lowest BCUT2D eigenvalue weighted by atomic mass is 9.99. The fraction of sp³-hybridized carbons (Fsp3) is 0.412. The van der Waals surface area contributed by atoms with Crippen molar-refractivity contribution in [2.24, 2.45) is 0 Å². The van der Waals surface area contributed by atoms with Gasteiger partial charge in [-0.3, -0.25) is 19.3 Å². The van der Waals surface area contributed by atoms with Crippen LogP contribution < -0.4 is 14.8 Å². The Hall–Kier alpha value is -3.10. The Morgan fingerprint density at radius 3 is 2.69 bits per heavy atom. The first-order chi connectivity index (χ1) is 12.3. The minimum absolute atomic E-state index is 0.0879. The molecule has 0 aromatic heterocycles. The van der Waals surface area contributed by atoms with Gasteiger partial charge >= 0.3 is 12.0 Å². The van der Waals surface area contributed by atoms with Gasteiger partial charge in [-0.1, -0.05) is 6.92 Å². The maximum absolute atomic E-state index is 12.2. The van der Waals surface area contributed by atoms with Crippen molar-refractivity contribution in [2.75, 3.05) is 19.9 Å². The second-order valence-electron chi connectivity index (χ2n) is 6.16. The zero-order valence-corrected chi connectivity index (χ0v) is 14.4. The van der Waals surface area contributed by atoms with Crippen molar-refractivity contribution >= 4 is 23.7 Å². The van der Waals surface area contributed by atoms with E-state index in [4.69, 9.17) is 14.2 Å². The van der Waals surface area contributed by atoms with E-state index in [1.165, 1.54) is 12.1 Å². The third-order valence-corrected chi connectivity index (χ3v) is 4.40. The molecule has 0 aliphatic carbocycles. The SMILES string of the molecule is CC[C@@]1(C)NC(=O)N(CC(=O)OCC(=O)c2ccc3c(c2)OCO3)C1=O. The van der Waals surface area contributed by atoms with Crippen molar-refractivity contribution in [3.63, 3.8) is 0 Å². The molecule has 3 rings (SSSR count). The number of nitrogens with one attached hydrogen (secondary N) is 1. The third kappa shape index (κ3) is 3.19. The molecule has 0 unspecified atom stereocenters. The molecule has 138 valence electrons. The molecule has 3 amide bonds. The van der Waals surface area contributed by atoms with Crippen molar-refractivity contribution in [1.29, 1.82) is 0 Å². The lowest BCUT2D eigenvalue weighted by Gasteiger charge is -2.18. The highest BCUT2D eigenvalue weighted by atomic mass is 16.7. The normalized spacial score (nSPS) is 20.9. The molecular formula is C17H18N2O7. The van der Waals surface area contributed by atoms with Crippen molar-refractivity contribution in [1.82, 2.24) is 10.2 Å². The first-order valence-electron chi connectivity index (χ1n) is 8.06. The fourth-order valence-corrected chi connectivity index (χ4v) is 2.60. The van der Waals surface area contributed by atoms with Gasteiger partial charge in [-0.25, -0.2) is 4.79 Å². The van der Waals surface area contributed by atoms with Crippen LogP contribution in [0.1, 0.15) is 30.6 Å². The molecule has 1 fully saturated rings. The number of Topliss-reactive ketones (excluding diaryl/α,β-unsaturated/α-hetero) is 1. The number of fused-ring (bicyclic) bond motifs is 1. The molecule has 2 aliphatic heterocycles. The van der Waals surface area contributed by atoms with E-state index in [0.717, 1.165) is 4.90 Å². The zero-order valence-electron chi connectivity index (χ0n) is 14.4. The summed E-state index contributed by atoms with van der Waals surface area (Å²) < 4.78 is 15.2. The molecular weight excluding hydrogens is 344 g/mol. The highest BCUT2D eigenvalue weighted by Crippen LogP contribution is 2.32. The highest BCUT2D eigenvalue weighted by molar-refractivity contribution is 6.08. The summed E-state index contributed by atoms with van der Waals surface area (Å²) in [6.07, 6.45) is 0.395. The molecule has 1 atom stereocenters. The predicted molar refractivity (Wildman–Crippen MR) is 86.8 cm³/mol. The van der Waals surface area contributed by atoms with E-state index in [9.17, 15) is 19.2 Å². The number of carbonyl (C=O) groups is 4. The number of carbonyl (C=O) groups excluding carboxylic acids is 4. The van der Waals surface area contributed by atoms with Crippen LogP contribution in [0.2, 0.25) is 0 Å². The van der Waals surface area contributed by atoms with Crippen LogP contribution in [-0.4, -0.2) is 54.1 Å². The van der Waals surface area contributed by atoms with Gasteiger partial charge in [0.15, 0.2) is 23.9 Å². The van der Waals surface area contributed by atoms with Gasteiger partial charge in [0.1, 0.15) is 12.1 Å². The number of hydrogen-bond acceptors (Lipinski definition) is 7. The molecule has 9 nitrogen and oxygen atoms in total. The topological polar surface area (TPSA) is 111 Å². The highest BCUT2D eigenvalue weighted by Gasteiger charge is 2.47. The lowest BCUT2D eigenvalue weighted by molar-refractivity contribution is -0.146. The molecule has 26 heavy (non-hydrogen) atoms. The molecule has 0 bridgehead atoms. The van der Waals surface area contributed by atoms with Gasteiger partial charge in [0, 0.05) is 5.56 Å². The lowest BCUT2D eigenvalue weighted by Crippen LogP contribution is -2.43. The van der Waals surface area contributed by atoms with E-state index >= 15 is 0 Å². The number of imide groups is 1. The summed E-state index contributed by atoms with van der Waals surface area (Å²) in [6, 6.07) is 3.98. The number of rotatable bonds is 6. The Balaban J connectivity index is 1.55. The van der Waals surface area contributed by atoms with Gasteiger partial charge in [0.05, 0.1) is 0 Å². The monoisotopic (exact) mass is 362 g/mol. The smallest absolute Gasteiger partial charge is 0.326 e. The molecule has 0 saturated carbocycles. The molecule has 1 aromatic carbocycles. The summed E-state index contributed by atoms with van der Waals surface area (Å²) in [6.45, 7) is 2.37. The number of esters is 1. The molecule has 2 heterocycles. The van der Waals surface area contributed by atoms with E-state index in [1.54, 1.807) is 19.9 Å². The maximum Gasteiger partial charge on any atom is 0.326 e. The molecule has 9 heteroatoms. The quantitative estimate of drug-likeness (QED) is 0.454. The molecule has 0 radical (unpaired) electrons. The summed E-state index contributed by atoms with van der Waals surface area (Å²) in [5.74, 6) is -0.796. The van der Waals surface area contributed by atoms with Gasteiger partial charge in [-0.2, -0.15) is 0 Å². The summed E-state index contributed by atoms with van der Waals surface area (Å²) in [4.78, 5) is 48.9. The Bertz CT molecular complexity index is 791. The van der Waals surface area contributed by atoms with E-state index in [-0.39, 0.29) is 6.79 Å². The van der Waals surface area contributed by atoms with Crippen molar-refractivity contribution in [3.05, 3.63) is 23.8 Å². The number of benzene rings is 1. The van der Waals surface area contributed by atoms with Crippen LogP contribution in [0.15, 0.2) is 18.2 Å². The van der Waals surface area contributed by atoms with Crippen LogP contribution in [0.4, 0.5) is 4.79 Å². The second kappa shape index (κ2) is 6.66. The van der Waals surface area contributed by atoms with Gasteiger partial charge in [0.2, 0.25) is 6.79 Å². The van der Waals surface area contributed by atoms with Crippen LogP contribution >= 0.6 is 0 Å². The third-order valence-electron chi connectivity index (χ3n) is 4.40. The van der Waals surface area contributed by atoms with E-state index in [0.29, 0.717) is 23.5 Å². The van der Waals surface area contributed by atoms with Gasteiger partial charge in [-0.15, -0.1) is 0 Å². The molecule has 1 saturated heterocycles. The molecule has 1 aromatic rings. The first kappa shape index (κ1) is 17.7. The van der Waals surface area contributed by atoms with Crippen molar-refractivity contribution in [2.45, 2.75) is 25.8 Å². The Labute approximate surface area is 149 Å². The minimum Gasteiger partial charge on any atom is -0.456 e. The van der Waals surface area contributed by atoms with Gasteiger partial charge in [-0.05, 0) is 31.5 Å². The van der Waals surface area contributed by atoms with Crippen LogP contribution in [-0.2, 0) is 14.3 Å². The average molecular weight is 362 g/mol. The summed E-state index contributed by atoms with van der Waals surface area (Å²) in [5, 5.41) is 2.54. The molecule has 0 spiro atoms. The first-order valence-corrected chi connectivity index (χ1v) is 8.06. The van der Waals surface area contributed by atoms with Crippen LogP contribution in [0.25, 0.3) is 0 Å². The number of ketones is 1. The number of ether oxygens (including phenoxy) is 3. The van der Waals surface area contributed by atoms with Crippen LogP contribution in [0.3, 0.4) is 0 Å². The van der Waals surface area contributed by atoms with Gasteiger partial charge in [0.25, 0.3) is 5.91 Å². The van der Waals surface area contributed by atoms with E-state index in [2.05, 4.69) is 5.32 Å².